The first kappa shape index (κ1) is 22.6. The Bertz CT molecular complexity index is 803. The molecule has 2 aliphatic carbocycles. The molecule has 1 heterocycles. The number of hydrogen-bond donors (Lipinski definition) is 3. The van der Waals surface area contributed by atoms with E-state index in [9.17, 15) is 9.59 Å². The quantitative estimate of drug-likeness (QED) is 0.544. The van der Waals surface area contributed by atoms with E-state index in [2.05, 4.69) is 16.0 Å². The number of carbonyl (C=O) groups is 2. The standard InChI is InChI=1S/C22H29Cl2N3O4/c23-16-7-4-13(9-17(16)24)30-11-20(28)26-18-10-19(15-6-5-14(15)18)27-21(29)12-31-22-3-1-2-8-25-22/h4,7,9,14-15,18-19,22,25H,1-3,5-6,8,10-12H2,(H,26,28)(H,27,29)/t14?,15?,18?,19-,22?/m0/s1. The first-order chi connectivity index (χ1) is 15.0. The van der Waals surface area contributed by atoms with Crippen LogP contribution in [0.1, 0.15) is 38.5 Å². The molecular formula is C22H29Cl2N3O4. The number of ether oxygens (including phenoxy) is 2. The lowest BCUT2D eigenvalue weighted by Crippen LogP contribution is -2.45. The smallest absolute Gasteiger partial charge is 0.258 e. The Labute approximate surface area is 192 Å². The molecule has 1 aromatic rings. The van der Waals surface area contributed by atoms with Crippen LogP contribution in [0.5, 0.6) is 5.75 Å². The lowest BCUT2D eigenvalue weighted by molar-refractivity contribution is -0.130. The number of nitrogens with one attached hydrogen (secondary N) is 3. The van der Waals surface area contributed by atoms with Crippen molar-refractivity contribution in [2.75, 3.05) is 19.8 Å². The number of halogens is 2. The molecule has 7 nitrogen and oxygen atoms in total. The van der Waals surface area contributed by atoms with Gasteiger partial charge >= 0.3 is 0 Å². The van der Waals surface area contributed by atoms with Gasteiger partial charge in [0.25, 0.3) is 5.91 Å². The lowest BCUT2D eigenvalue weighted by Gasteiger charge is -2.36. The fourth-order valence-electron chi connectivity index (χ4n) is 4.86. The molecule has 2 saturated carbocycles. The van der Waals surface area contributed by atoms with Crippen molar-refractivity contribution in [3.05, 3.63) is 28.2 Å². The van der Waals surface area contributed by atoms with Gasteiger partial charge in [0.2, 0.25) is 5.91 Å². The van der Waals surface area contributed by atoms with E-state index < -0.39 is 0 Å². The minimum Gasteiger partial charge on any atom is -0.484 e. The molecule has 3 aliphatic rings. The molecule has 0 aromatic heterocycles. The fourth-order valence-corrected chi connectivity index (χ4v) is 5.14. The highest BCUT2D eigenvalue weighted by molar-refractivity contribution is 6.42. The van der Waals surface area contributed by atoms with Gasteiger partial charge in [-0.15, -0.1) is 0 Å². The Morgan fingerprint density at radius 1 is 0.968 bits per heavy atom. The maximum Gasteiger partial charge on any atom is 0.258 e. The van der Waals surface area contributed by atoms with Crippen LogP contribution < -0.4 is 20.7 Å². The van der Waals surface area contributed by atoms with Gasteiger partial charge in [-0.2, -0.15) is 0 Å². The summed E-state index contributed by atoms with van der Waals surface area (Å²) in [6.45, 7) is 0.917. The number of amides is 2. The van der Waals surface area contributed by atoms with Crippen LogP contribution in [0.4, 0.5) is 0 Å². The Balaban J connectivity index is 1.20. The number of carbonyl (C=O) groups excluding carboxylic acids is 2. The van der Waals surface area contributed by atoms with E-state index in [-0.39, 0.29) is 43.3 Å². The minimum absolute atomic E-state index is 0.0258. The monoisotopic (exact) mass is 469 g/mol. The molecule has 1 aromatic carbocycles. The highest BCUT2D eigenvalue weighted by Crippen LogP contribution is 2.47. The van der Waals surface area contributed by atoms with E-state index in [1.54, 1.807) is 18.2 Å². The van der Waals surface area contributed by atoms with E-state index in [1.165, 1.54) is 0 Å². The second kappa shape index (κ2) is 10.4. The highest BCUT2D eigenvalue weighted by Gasteiger charge is 2.49. The minimum atomic E-state index is -0.180. The van der Waals surface area contributed by atoms with Gasteiger partial charge < -0.3 is 20.1 Å². The molecular weight excluding hydrogens is 441 g/mol. The summed E-state index contributed by atoms with van der Waals surface area (Å²) in [6, 6.07) is 5.03. The number of benzene rings is 1. The molecule has 5 atom stereocenters. The molecule has 3 fully saturated rings. The lowest BCUT2D eigenvalue weighted by atomic mass is 9.73. The SMILES string of the molecule is O=C(COc1ccc(Cl)c(Cl)c1)NC1C[C@H](NC(=O)COC2CCCCN2)C2CCC12. The molecule has 31 heavy (non-hydrogen) atoms. The van der Waals surface area contributed by atoms with E-state index >= 15 is 0 Å². The summed E-state index contributed by atoms with van der Waals surface area (Å²) in [5.74, 6) is 1.05. The maximum atomic E-state index is 12.4. The van der Waals surface area contributed by atoms with Crippen LogP contribution >= 0.6 is 23.2 Å². The van der Waals surface area contributed by atoms with E-state index in [0.717, 1.165) is 45.1 Å². The number of hydrogen-bond acceptors (Lipinski definition) is 5. The molecule has 1 saturated heterocycles. The summed E-state index contributed by atoms with van der Waals surface area (Å²) in [5, 5.41) is 10.3. The average Bonchev–Trinajstić information content (AvgIpc) is 2.95. The molecule has 170 valence electrons. The van der Waals surface area contributed by atoms with Crippen molar-refractivity contribution >= 4 is 35.0 Å². The predicted molar refractivity (Wildman–Crippen MR) is 118 cm³/mol. The van der Waals surface area contributed by atoms with Gasteiger partial charge in [-0.1, -0.05) is 23.2 Å². The second-order valence-corrected chi connectivity index (χ2v) is 9.42. The maximum absolute atomic E-state index is 12.4. The van der Waals surface area contributed by atoms with Crippen LogP contribution in [-0.2, 0) is 14.3 Å². The fraction of sp³-hybridized carbons (Fsp3) is 0.636. The van der Waals surface area contributed by atoms with Crippen LogP contribution in [0.15, 0.2) is 18.2 Å². The zero-order valence-electron chi connectivity index (χ0n) is 17.4. The van der Waals surface area contributed by atoms with Gasteiger partial charge in [-0.25, -0.2) is 0 Å². The van der Waals surface area contributed by atoms with E-state index in [0.29, 0.717) is 27.6 Å². The summed E-state index contributed by atoms with van der Waals surface area (Å²) < 4.78 is 11.2. The van der Waals surface area contributed by atoms with Gasteiger partial charge in [0.1, 0.15) is 18.6 Å². The molecule has 4 unspecified atom stereocenters. The Morgan fingerprint density at radius 2 is 1.68 bits per heavy atom. The van der Waals surface area contributed by atoms with E-state index in [1.807, 2.05) is 0 Å². The van der Waals surface area contributed by atoms with Crippen molar-refractivity contribution in [3.8, 4) is 5.75 Å². The summed E-state index contributed by atoms with van der Waals surface area (Å²) >= 11 is 11.9. The Hall–Kier alpha value is -1.54. The molecule has 3 N–H and O–H groups in total. The van der Waals surface area contributed by atoms with Gasteiger partial charge in [0.15, 0.2) is 6.61 Å². The van der Waals surface area contributed by atoms with Crippen LogP contribution in [-0.4, -0.2) is 49.9 Å². The molecule has 0 radical (unpaired) electrons. The van der Waals surface area contributed by atoms with Crippen molar-refractivity contribution < 1.29 is 19.1 Å². The van der Waals surface area contributed by atoms with Crippen molar-refractivity contribution in [2.24, 2.45) is 11.8 Å². The third-order valence-corrected chi connectivity index (χ3v) is 7.30. The number of fused-ring (bicyclic) bond motifs is 1. The Morgan fingerprint density at radius 3 is 2.29 bits per heavy atom. The van der Waals surface area contributed by atoms with Crippen molar-refractivity contribution in [2.45, 2.75) is 56.8 Å². The second-order valence-electron chi connectivity index (χ2n) is 8.60. The summed E-state index contributed by atoms with van der Waals surface area (Å²) in [7, 11) is 0. The van der Waals surface area contributed by atoms with Gasteiger partial charge in [-0.05, 0) is 69.0 Å². The van der Waals surface area contributed by atoms with Crippen LogP contribution in [0, 0.1) is 11.8 Å². The third-order valence-electron chi connectivity index (χ3n) is 6.56. The average molecular weight is 470 g/mol. The first-order valence-corrected chi connectivity index (χ1v) is 11.8. The highest BCUT2D eigenvalue weighted by atomic mass is 35.5. The molecule has 0 bridgehead atoms. The summed E-state index contributed by atoms with van der Waals surface area (Å²) in [6.07, 6.45) is 6.08. The molecule has 4 rings (SSSR count). The van der Waals surface area contributed by atoms with Crippen molar-refractivity contribution in [3.63, 3.8) is 0 Å². The van der Waals surface area contributed by atoms with Crippen LogP contribution in [0.2, 0.25) is 10.0 Å². The van der Waals surface area contributed by atoms with Gasteiger partial charge in [-0.3, -0.25) is 14.9 Å². The molecule has 9 heteroatoms. The van der Waals surface area contributed by atoms with Crippen molar-refractivity contribution in [1.29, 1.82) is 0 Å². The summed E-state index contributed by atoms with van der Waals surface area (Å²) in [5.41, 5.74) is 0. The zero-order chi connectivity index (χ0) is 21.8. The molecule has 2 amide bonds. The Kier molecular flexibility index (Phi) is 7.59. The van der Waals surface area contributed by atoms with Crippen LogP contribution in [0.25, 0.3) is 0 Å². The topological polar surface area (TPSA) is 88.7 Å². The van der Waals surface area contributed by atoms with Crippen molar-refractivity contribution in [1.82, 2.24) is 16.0 Å². The summed E-state index contributed by atoms with van der Waals surface area (Å²) in [4.78, 5) is 24.8. The largest absolute Gasteiger partial charge is 0.484 e. The third kappa shape index (κ3) is 5.83. The molecule has 0 spiro atoms. The number of rotatable bonds is 8. The first-order valence-electron chi connectivity index (χ1n) is 11.0. The van der Waals surface area contributed by atoms with Gasteiger partial charge in [0.05, 0.1) is 10.0 Å². The van der Waals surface area contributed by atoms with E-state index in [4.69, 9.17) is 32.7 Å². The van der Waals surface area contributed by atoms with Crippen LogP contribution in [0.3, 0.4) is 0 Å². The zero-order valence-corrected chi connectivity index (χ0v) is 18.9. The normalized spacial score (nSPS) is 29.5. The van der Waals surface area contributed by atoms with Gasteiger partial charge in [0, 0.05) is 18.2 Å². The number of piperidine rings is 1. The predicted octanol–water partition coefficient (Wildman–Crippen LogP) is 2.89. The molecule has 1 aliphatic heterocycles.